The van der Waals surface area contributed by atoms with Gasteiger partial charge in [0.15, 0.2) is 6.10 Å². The lowest BCUT2D eigenvalue weighted by atomic mass is 10.2. The molecule has 1 atom stereocenters. The van der Waals surface area contributed by atoms with E-state index in [1.807, 2.05) is 36.4 Å². The predicted molar refractivity (Wildman–Crippen MR) is 72.4 cm³/mol. The van der Waals surface area contributed by atoms with Gasteiger partial charge in [-0.1, -0.05) is 43.0 Å². The third-order valence-corrected chi connectivity index (χ3v) is 1.88. The Morgan fingerprint density at radius 2 is 1.67 bits per heavy atom. The van der Waals surface area contributed by atoms with Crippen LogP contribution in [0.2, 0.25) is 0 Å². The molecule has 9 heteroatoms. The number of carbonyl (C=O) groups is 2. The number of esters is 2. The summed E-state index contributed by atoms with van der Waals surface area (Å²) in [5.74, 6) is -1.49. The van der Waals surface area contributed by atoms with E-state index in [1.165, 1.54) is 5.56 Å². The molecule has 1 saturated heterocycles. The molecule has 1 heterocycles. The van der Waals surface area contributed by atoms with Gasteiger partial charge in [-0.3, -0.25) is 13.9 Å². The van der Waals surface area contributed by atoms with E-state index in [1.54, 1.807) is 0 Å². The first-order valence-electron chi connectivity index (χ1n) is 5.43. The number of ether oxygens (including phenoxy) is 1. The van der Waals surface area contributed by atoms with Gasteiger partial charge in [0.2, 0.25) is 0 Å². The summed E-state index contributed by atoms with van der Waals surface area (Å²) in [6.45, 7) is 3.63. The fourth-order valence-electron chi connectivity index (χ4n) is 1.05. The van der Waals surface area contributed by atoms with Gasteiger partial charge in [-0.2, -0.15) is 8.42 Å². The summed E-state index contributed by atoms with van der Waals surface area (Å²) in [4.78, 5) is 20.2. The molecule has 1 aromatic carbocycles. The van der Waals surface area contributed by atoms with Crippen molar-refractivity contribution in [3.05, 3.63) is 42.5 Å². The van der Waals surface area contributed by atoms with Crippen molar-refractivity contribution in [1.29, 1.82) is 0 Å². The summed E-state index contributed by atoms with van der Waals surface area (Å²) in [5.41, 5.74) is 1.17. The van der Waals surface area contributed by atoms with Gasteiger partial charge < -0.3 is 9.84 Å². The smallest absolute Gasteiger partial charge is 0.391 e. The van der Waals surface area contributed by atoms with Gasteiger partial charge in [-0.15, -0.1) is 0 Å². The van der Waals surface area contributed by atoms with Crippen molar-refractivity contribution in [2.45, 2.75) is 12.5 Å². The minimum Gasteiger partial charge on any atom is -0.391 e. The predicted octanol–water partition coefficient (Wildman–Crippen LogP) is 0.498. The highest BCUT2D eigenvalue weighted by molar-refractivity contribution is 7.79. The van der Waals surface area contributed by atoms with Crippen LogP contribution in [0.25, 0.3) is 6.08 Å². The van der Waals surface area contributed by atoms with Crippen LogP contribution in [0.1, 0.15) is 12.0 Å². The molecular formula is C12H14O8S. The van der Waals surface area contributed by atoms with E-state index < -0.39 is 28.4 Å². The fraction of sp³-hybridized carbons (Fsp3) is 0.167. The SMILES string of the molecule is C=Cc1ccccc1.O=C1CC(O)C(=O)O1.O=S(=O)(O)O. The van der Waals surface area contributed by atoms with Crippen LogP contribution in [0.4, 0.5) is 0 Å². The quantitative estimate of drug-likeness (QED) is 0.386. The molecule has 0 saturated carbocycles. The lowest BCUT2D eigenvalue weighted by Crippen LogP contribution is -2.11. The lowest BCUT2D eigenvalue weighted by Gasteiger charge is -1.86. The molecular weight excluding hydrogens is 304 g/mol. The normalized spacial score (nSPS) is 16.8. The van der Waals surface area contributed by atoms with Crippen LogP contribution in [-0.4, -0.2) is 40.7 Å². The van der Waals surface area contributed by atoms with E-state index in [0.29, 0.717) is 0 Å². The van der Waals surface area contributed by atoms with E-state index in [2.05, 4.69) is 11.3 Å². The van der Waals surface area contributed by atoms with Gasteiger partial charge in [0.05, 0.1) is 6.42 Å². The molecule has 0 spiro atoms. The van der Waals surface area contributed by atoms with Gasteiger partial charge >= 0.3 is 22.3 Å². The molecule has 0 bridgehead atoms. The molecule has 1 unspecified atom stereocenters. The van der Waals surface area contributed by atoms with Crippen LogP contribution in [0.5, 0.6) is 0 Å². The molecule has 2 rings (SSSR count). The zero-order valence-electron chi connectivity index (χ0n) is 10.7. The minimum atomic E-state index is -4.67. The summed E-state index contributed by atoms with van der Waals surface area (Å²) in [6, 6.07) is 10.0. The average molecular weight is 318 g/mol. The van der Waals surface area contributed by atoms with Gasteiger partial charge in [0, 0.05) is 0 Å². The number of benzene rings is 1. The molecule has 116 valence electrons. The summed E-state index contributed by atoms with van der Waals surface area (Å²) in [5, 5.41) is 8.47. The van der Waals surface area contributed by atoms with Gasteiger partial charge in [-0.25, -0.2) is 4.79 Å². The second-order valence-corrected chi connectivity index (χ2v) is 4.47. The van der Waals surface area contributed by atoms with E-state index in [9.17, 15) is 9.59 Å². The lowest BCUT2D eigenvalue weighted by molar-refractivity contribution is -0.154. The van der Waals surface area contributed by atoms with E-state index >= 15 is 0 Å². The topological polar surface area (TPSA) is 138 Å². The van der Waals surface area contributed by atoms with Crippen molar-refractivity contribution >= 4 is 28.4 Å². The summed E-state index contributed by atoms with van der Waals surface area (Å²) in [7, 11) is -4.67. The molecule has 8 nitrogen and oxygen atoms in total. The van der Waals surface area contributed by atoms with Gasteiger partial charge in [-0.05, 0) is 5.56 Å². The first-order chi connectivity index (χ1) is 9.63. The minimum absolute atomic E-state index is 0.196. The van der Waals surface area contributed by atoms with Crippen molar-refractivity contribution in [3.63, 3.8) is 0 Å². The van der Waals surface area contributed by atoms with Crippen LogP contribution in [-0.2, 0) is 24.7 Å². The Labute approximate surface area is 121 Å². The van der Waals surface area contributed by atoms with Crippen LogP contribution < -0.4 is 0 Å². The van der Waals surface area contributed by atoms with Crippen molar-refractivity contribution in [3.8, 4) is 0 Å². The van der Waals surface area contributed by atoms with E-state index in [-0.39, 0.29) is 6.42 Å². The third kappa shape index (κ3) is 11.5. The Balaban J connectivity index is 0.000000296. The molecule has 1 fully saturated rings. The summed E-state index contributed by atoms with van der Waals surface area (Å²) >= 11 is 0. The monoisotopic (exact) mass is 318 g/mol. The van der Waals surface area contributed by atoms with Crippen molar-refractivity contribution in [2.24, 2.45) is 0 Å². The largest absolute Gasteiger partial charge is 0.394 e. The number of cyclic esters (lactones) is 2. The molecule has 3 N–H and O–H groups in total. The third-order valence-electron chi connectivity index (χ3n) is 1.88. The molecule has 1 aromatic rings. The highest BCUT2D eigenvalue weighted by Gasteiger charge is 2.30. The Kier molecular flexibility index (Phi) is 8.09. The molecule has 1 aliphatic rings. The molecule has 0 radical (unpaired) electrons. The average Bonchev–Trinajstić information content (AvgIpc) is 2.66. The number of carbonyl (C=O) groups excluding carboxylic acids is 2. The number of aliphatic hydroxyl groups excluding tert-OH is 1. The zero-order valence-corrected chi connectivity index (χ0v) is 11.6. The molecule has 1 aliphatic heterocycles. The van der Waals surface area contributed by atoms with Gasteiger partial charge in [0.1, 0.15) is 0 Å². The fourth-order valence-corrected chi connectivity index (χ4v) is 1.05. The van der Waals surface area contributed by atoms with Crippen molar-refractivity contribution in [1.82, 2.24) is 0 Å². The summed E-state index contributed by atoms with van der Waals surface area (Å²) in [6.07, 6.45) is 0.418. The van der Waals surface area contributed by atoms with Crippen LogP contribution in [0.3, 0.4) is 0 Å². The van der Waals surface area contributed by atoms with Crippen molar-refractivity contribution in [2.75, 3.05) is 0 Å². The maximum absolute atomic E-state index is 10.1. The van der Waals surface area contributed by atoms with Gasteiger partial charge in [0.25, 0.3) is 0 Å². The van der Waals surface area contributed by atoms with Crippen LogP contribution >= 0.6 is 0 Å². The molecule has 0 aliphatic carbocycles. The number of rotatable bonds is 1. The van der Waals surface area contributed by atoms with E-state index in [4.69, 9.17) is 22.6 Å². The van der Waals surface area contributed by atoms with Crippen LogP contribution in [0.15, 0.2) is 36.9 Å². The highest BCUT2D eigenvalue weighted by atomic mass is 32.3. The first-order valence-corrected chi connectivity index (χ1v) is 6.83. The van der Waals surface area contributed by atoms with Crippen LogP contribution in [0, 0.1) is 0 Å². The second-order valence-electron chi connectivity index (χ2n) is 3.58. The number of aliphatic hydroxyl groups is 1. The zero-order chi connectivity index (χ0) is 16.5. The number of hydrogen-bond acceptors (Lipinski definition) is 6. The second kappa shape index (κ2) is 8.97. The Hall–Kier alpha value is -2.07. The highest BCUT2D eigenvalue weighted by Crippen LogP contribution is 2.05. The Morgan fingerprint density at radius 1 is 1.19 bits per heavy atom. The Bertz CT molecular complexity index is 571. The molecule has 21 heavy (non-hydrogen) atoms. The standard InChI is InChI=1S/C8H8.C4H4O4.H2O4S/c1-2-8-6-4-3-5-7-8;5-2-1-3(6)8-4(2)7;1-5(2,3)4/h2-7H,1H2;2,5H,1H2;(H2,1,2,3,4). The Morgan fingerprint density at radius 3 is 1.86 bits per heavy atom. The molecule has 0 amide bonds. The summed E-state index contributed by atoms with van der Waals surface area (Å²) < 4.78 is 35.5. The first kappa shape index (κ1) is 18.9. The maximum Gasteiger partial charge on any atom is 0.394 e. The van der Waals surface area contributed by atoms with E-state index in [0.717, 1.165) is 0 Å². The number of hydrogen-bond donors (Lipinski definition) is 3. The maximum atomic E-state index is 10.1. The molecule has 0 aromatic heterocycles. The van der Waals surface area contributed by atoms with Crippen molar-refractivity contribution < 1.29 is 37.0 Å².